The zero-order valence-electron chi connectivity index (χ0n) is 13.5. The van der Waals surface area contributed by atoms with E-state index in [0.29, 0.717) is 0 Å². The van der Waals surface area contributed by atoms with Crippen molar-refractivity contribution < 1.29 is 4.42 Å². The molecule has 116 valence electrons. The van der Waals surface area contributed by atoms with Crippen LogP contribution < -0.4 is 0 Å². The number of para-hydroxylation sites is 1. The number of benzene rings is 2. The SMILES string of the molecule is Cc1sc2cc3c(cc2c1C)oc1c(-c2ccccn2)cccc13. The maximum absolute atomic E-state index is 6.27. The number of furan rings is 1. The molecule has 0 atom stereocenters. The number of pyridine rings is 1. The van der Waals surface area contributed by atoms with Crippen molar-refractivity contribution in [3.63, 3.8) is 0 Å². The van der Waals surface area contributed by atoms with Gasteiger partial charge in [0.2, 0.25) is 0 Å². The highest BCUT2D eigenvalue weighted by molar-refractivity contribution is 7.19. The van der Waals surface area contributed by atoms with Crippen LogP contribution in [0.5, 0.6) is 0 Å². The monoisotopic (exact) mass is 329 g/mol. The van der Waals surface area contributed by atoms with E-state index in [9.17, 15) is 0 Å². The first kappa shape index (κ1) is 13.8. The highest BCUT2D eigenvalue weighted by atomic mass is 32.1. The van der Waals surface area contributed by atoms with Crippen molar-refractivity contribution >= 4 is 43.4 Å². The molecule has 2 nitrogen and oxygen atoms in total. The van der Waals surface area contributed by atoms with E-state index in [1.54, 1.807) is 0 Å². The first-order valence-electron chi connectivity index (χ1n) is 7.99. The predicted molar refractivity (Wildman–Crippen MR) is 102 cm³/mol. The Hall–Kier alpha value is -2.65. The minimum absolute atomic E-state index is 0.915. The minimum atomic E-state index is 0.915. The molecule has 3 aromatic heterocycles. The van der Waals surface area contributed by atoms with E-state index in [4.69, 9.17) is 4.42 Å². The van der Waals surface area contributed by atoms with Crippen molar-refractivity contribution in [2.45, 2.75) is 13.8 Å². The molecule has 0 bridgehead atoms. The van der Waals surface area contributed by atoms with Crippen LogP contribution in [-0.4, -0.2) is 4.98 Å². The molecule has 3 heterocycles. The maximum Gasteiger partial charge on any atom is 0.144 e. The Balaban J connectivity index is 1.89. The van der Waals surface area contributed by atoms with Gasteiger partial charge in [0.1, 0.15) is 11.2 Å². The highest BCUT2D eigenvalue weighted by Gasteiger charge is 2.15. The number of rotatable bonds is 1. The molecule has 0 saturated heterocycles. The summed E-state index contributed by atoms with van der Waals surface area (Å²) in [6.45, 7) is 4.36. The van der Waals surface area contributed by atoms with Gasteiger partial charge in [0, 0.05) is 32.1 Å². The third kappa shape index (κ3) is 1.85. The Morgan fingerprint density at radius 3 is 2.67 bits per heavy atom. The fourth-order valence-corrected chi connectivity index (χ4v) is 4.45. The van der Waals surface area contributed by atoms with Gasteiger partial charge in [-0.2, -0.15) is 0 Å². The second-order valence-electron chi connectivity index (χ2n) is 6.13. The predicted octanol–water partition coefficient (Wildman–Crippen LogP) is 6.48. The molecule has 5 rings (SSSR count). The molecule has 0 amide bonds. The molecule has 24 heavy (non-hydrogen) atoms. The average molecular weight is 329 g/mol. The van der Waals surface area contributed by atoms with Crippen molar-refractivity contribution in [2.75, 3.05) is 0 Å². The van der Waals surface area contributed by atoms with E-state index in [2.05, 4.69) is 49.2 Å². The number of hydrogen-bond donors (Lipinski definition) is 0. The van der Waals surface area contributed by atoms with Gasteiger partial charge in [0.05, 0.1) is 5.69 Å². The van der Waals surface area contributed by atoms with Gasteiger partial charge >= 0.3 is 0 Å². The summed E-state index contributed by atoms with van der Waals surface area (Å²) in [4.78, 5) is 5.85. The largest absolute Gasteiger partial charge is 0.455 e. The Bertz CT molecular complexity index is 1210. The van der Waals surface area contributed by atoms with E-state index in [-0.39, 0.29) is 0 Å². The van der Waals surface area contributed by atoms with Gasteiger partial charge in [0.25, 0.3) is 0 Å². The number of fused-ring (bicyclic) bond motifs is 4. The molecule has 0 N–H and O–H groups in total. The Morgan fingerprint density at radius 1 is 0.917 bits per heavy atom. The molecule has 5 aromatic rings. The fraction of sp³-hybridized carbons (Fsp3) is 0.0952. The van der Waals surface area contributed by atoms with Gasteiger partial charge in [-0.25, -0.2) is 0 Å². The molecule has 0 saturated carbocycles. The number of hydrogen-bond acceptors (Lipinski definition) is 3. The normalized spacial score (nSPS) is 11.8. The number of aryl methyl sites for hydroxylation is 2. The maximum atomic E-state index is 6.27. The topological polar surface area (TPSA) is 26.0 Å². The lowest BCUT2D eigenvalue weighted by Crippen LogP contribution is -1.81. The minimum Gasteiger partial charge on any atom is -0.455 e. The summed E-state index contributed by atoms with van der Waals surface area (Å²) < 4.78 is 7.60. The number of aromatic nitrogens is 1. The smallest absolute Gasteiger partial charge is 0.144 e. The van der Waals surface area contributed by atoms with Crippen molar-refractivity contribution in [3.05, 3.63) is 65.2 Å². The van der Waals surface area contributed by atoms with E-state index in [1.807, 2.05) is 35.7 Å². The molecule has 2 aromatic carbocycles. The molecule has 0 unspecified atom stereocenters. The first-order valence-corrected chi connectivity index (χ1v) is 8.80. The molecular formula is C21H15NOS. The molecular weight excluding hydrogens is 314 g/mol. The van der Waals surface area contributed by atoms with Gasteiger partial charge in [-0.05, 0) is 55.1 Å². The van der Waals surface area contributed by atoms with Crippen LogP contribution in [0.25, 0.3) is 43.3 Å². The lowest BCUT2D eigenvalue weighted by molar-refractivity contribution is 0.670. The number of thiophene rings is 1. The van der Waals surface area contributed by atoms with Gasteiger partial charge in [-0.15, -0.1) is 11.3 Å². The van der Waals surface area contributed by atoms with Crippen LogP contribution >= 0.6 is 11.3 Å². The fourth-order valence-electron chi connectivity index (χ4n) is 3.36. The quantitative estimate of drug-likeness (QED) is 0.352. The van der Waals surface area contributed by atoms with E-state index in [0.717, 1.165) is 27.8 Å². The Labute approximate surface area is 143 Å². The summed E-state index contributed by atoms with van der Waals surface area (Å²) in [5.41, 5.74) is 5.19. The zero-order valence-corrected chi connectivity index (χ0v) is 14.3. The van der Waals surface area contributed by atoms with Crippen LogP contribution in [0.3, 0.4) is 0 Å². The van der Waals surface area contributed by atoms with Gasteiger partial charge < -0.3 is 4.42 Å². The molecule has 3 heteroatoms. The molecule has 0 aliphatic heterocycles. The van der Waals surface area contributed by atoms with Crippen molar-refractivity contribution in [3.8, 4) is 11.3 Å². The van der Waals surface area contributed by atoms with Crippen LogP contribution in [0.15, 0.2) is 59.1 Å². The second kappa shape index (κ2) is 4.92. The molecule has 0 aliphatic carbocycles. The molecule has 0 aliphatic rings. The third-order valence-electron chi connectivity index (χ3n) is 4.74. The Morgan fingerprint density at radius 2 is 1.83 bits per heavy atom. The van der Waals surface area contributed by atoms with Crippen molar-refractivity contribution in [1.29, 1.82) is 0 Å². The van der Waals surface area contributed by atoms with Crippen molar-refractivity contribution in [2.24, 2.45) is 0 Å². The third-order valence-corrected chi connectivity index (χ3v) is 5.91. The summed E-state index contributed by atoms with van der Waals surface area (Å²) in [6.07, 6.45) is 1.82. The van der Waals surface area contributed by atoms with Crippen LogP contribution in [0, 0.1) is 13.8 Å². The zero-order chi connectivity index (χ0) is 16.3. The molecule has 0 spiro atoms. The highest BCUT2D eigenvalue weighted by Crippen LogP contribution is 2.39. The average Bonchev–Trinajstić information content (AvgIpc) is 3.11. The van der Waals surface area contributed by atoms with Gasteiger partial charge in [-0.3, -0.25) is 4.98 Å². The van der Waals surface area contributed by atoms with Crippen molar-refractivity contribution in [1.82, 2.24) is 4.98 Å². The summed E-state index contributed by atoms with van der Waals surface area (Å²) >= 11 is 1.85. The number of nitrogens with zero attached hydrogens (tertiary/aromatic N) is 1. The summed E-state index contributed by atoms with van der Waals surface area (Å²) in [6, 6.07) is 16.7. The Kier molecular flexibility index (Phi) is 2.82. The van der Waals surface area contributed by atoms with Crippen LogP contribution in [-0.2, 0) is 0 Å². The lowest BCUT2D eigenvalue weighted by atomic mass is 10.1. The molecule has 0 fully saturated rings. The summed E-state index contributed by atoms with van der Waals surface area (Å²) in [5, 5.41) is 3.62. The lowest BCUT2D eigenvalue weighted by Gasteiger charge is -2.00. The summed E-state index contributed by atoms with van der Waals surface area (Å²) in [5.74, 6) is 0. The molecule has 0 radical (unpaired) electrons. The van der Waals surface area contributed by atoms with Crippen LogP contribution in [0.1, 0.15) is 10.4 Å². The van der Waals surface area contributed by atoms with E-state index >= 15 is 0 Å². The van der Waals surface area contributed by atoms with Gasteiger partial charge in [-0.1, -0.05) is 18.2 Å². The van der Waals surface area contributed by atoms with Crippen LogP contribution in [0.4, 0.5) is 0 Å². The van der Waals surface area contributed by atoms with Crippen LogP contribution in [0.2, 0.25) is 0 Å². The van der Waals surface area contributed by atoms with E-state index < -0.39 is 0 Å². The van der Waals surface area contributed by atoms with Gasteiger partial charge in [0.15, 0.2) is 0 Å². The standard InChI is InChI=1S/C21H15NOS/c1-12-13(2)24-20-11-17-14-6-5-7-15(18-8-3-4-9-22-18)21(14)23-19(17)10-16(12)20/h3-11H,1-2H3. The second-order valence-corrected chi connectivity index (χ2v) is 7.38. The first-order chi connectivity index (χ1) is 11.7. The summed E-state index contributed by atoms with van der Waals surface area (Å²) in [7, 11) is 0. The van der Waals surface area contributed by atoms with E-state index in [1.165, 1.54) is 25.9 Å².